The van der Waals surface area contributed by atoms with Crippen LogP contribution in [-0.2, 0) is 17.6 Å². The maximum Gasteiger partial charge on any atom is 0.262 e. The normalized spacial score (nSPS) is 10.8. The number of carbonyl (C=O) groups is 1. The molecule has 4 aromatic rings. The Balaban J connectivity index is 1.35. The van der Waals surface area contributed by atoms with Crippen LogP contribution in [0.4, 0.5) is 5.69 Å². The van der Waals surface area contributed by atoms with Gasteiger partial charge in [-0.15, -0.1) is 0 Å². The van der Waals surface area contributed by atoms with Crippen molar-refractivity contribution in [2.45, 2.75) is 12.8 Å². The fourth-order valence-corrected chi connectivity index (χ4v) is 3.17. The van der Waals surface area contributed by atoms with Gasteiger partial charge in [-0.25, -0.2) is 4.98 Å². The number of anilines is 1. The van der Waals surface area contributed by atoms with Crippen molar-refractivity contribution in [3.63, 3.8) is 0 Å². The Kier molecular flexibility index (Phi) is 5.77. The van der Waals surface area contributed by atoms with E-state index in [-0.39, 0.29) is 12.5 Å². The number of rotatable bonds is 7. The number of hydrogen-bond donors (Lipinski definition) is 2. The number of fused-ring (bicyclic) bond motifs is 1. The first kappa shape index (κ1) is 19.0. The van der Waals surface area contributed by atoms with E-state index in [9.17, 15) is 4.79 Å². The van der Waals surface area contributed by atoms with Crippen LogP contribution in [0.3, 0.4) is 0 Å². The molecule has 0 fully saturated rings. The Morgan fingerprint density at radius 2 is 1.79 bits per heavy atom. The van der Waals surface area contributed by atoms with Gasteiger partial charge in [0.1, 0.15) is 11.6 Å². The van der Waals surface area contributed by atoms with E-state index in [2.05, 4.69) is 27.4 Å². The number of hydrogen-bond acceptors (Lipinski definition) is 3. The molecular formula is C23H20ClN3O2. The predicted molar refractivity (Wildman–Crippen MR) is 116 cm³/mol. The van der Waals surface area contributed by atoms with Gasteiger partial charge in [0.05, 0.1) is 11.0 Å². The maximum absolute atomic E-state index is 12.2. The Morgan fingerprint density at radius 3 is 2.59 bits per heavy atom. The van der Waals surface area contributed by atoms with Gasteiger partial charge < -0.3 is 15.0 Å². The lowest BCUT2D eigenvalue weighted by Gasteiger charge is -2.07. The summed E-state index contributed by atoms with van der Waals surface area (Å²) >= 11 is 5.84. The molecule has 0 saturated carbocycles. The van der Waals surface area contributed by atoms with E-state index in [0.29, 0.717) is 16.5 Å². The van der Waals surface area contributed by atoms with Crippen LogP contribution in [0.1, 0.15) is 11.4 Å². The monoisotopic (exact) mass is 405 g/mol. The Bertz CT molecular complexity index is 1110. The molecule has 5 nitrogen and oxygen atoms in total. The molecule has 0 unspecified atom stereocenters. The molecular weight excluding hydrogens is 386 g/mol. The van der Waals surface area contributed by atoms with Gasteiger partial charge in [-0.1, -0.05) is 41.9 Å². The molecule has 1 amide bonds. The summed E-state index contributed by atoms with van der Waals surface area (Å²) < 4.78 is 5.47. The van der Waals surface area contributed by atoms with Gasteiger partial charge >= 0.3 is 0 Å². The van der Waals surface area contributed by atoms with Crippen LogP contribution >= 0.6 is 11.6 Å². The van der Waals surface area contributed by atoms with E-state index in [4.69, 9.17) is 16.3 Å². The molecule has 0 spiro atoms. The number of H-pyrrole nitrogens is 1. The summed E-state index contributed by atoms with van der Waals surface area (Å²) in [6, 6.07) is 22.8. The second-order valence-corrected chi connectivity index (χ2v) is 7.13. The largest absolute Gasteiger partial charge is 0.484 e. The number of nitrogens with zero attached hydrogens (tertiary/aromatic N) is 1. The van der Waals surface area contributed by atoms with Crippen LogP contribution in [0.2, 0.25) is 5.02 Å². The first-order valence-electron chi connectivity index (χ1n) is 9.36. The third kappa shape index (κ3) is 5.15. The van der Waals surface area contributed by atoms with Crippen LogP contribution in [0, 0.1) is 0 Å². The van der Waals surface area contributed by atoms with Crippen LogP contribution in [0.15, 0.2) is 72.8 Å². The molecule has 2 N–H and O–H groups in total. The van der Waals surface area contributed by atoms with Crippen molar-refractivity contribution in [3.05, 3.63) is 89.2 Å². The second kappa shape index (κ2) is 8.80. The summed E-state index contributed by atoms with van der Waals surface area (Å²) in [5, 5.41) is 3.47. The number of ether oxygens (including phenoxy) is 1. The molecule has 29 heavy (non-hydrogen) atoms. The smallest absolute Gasteiger partial charge is 0.262 e. The average Bonchev–Trinajstić information content (AvgIpc) is 3.15. The van der Waals surface area contributed by atoms with Crippen molar-refractivity contribution in [2.24, 2.45) is 0 Å². The van der Waals surface area contributed by atoms with Crippen molar-refractivity contribution < 1.29 is 9.53 Å². The first-order chi connectivity index (χ1) is 14.2. The number of imidazole rings is 1. The number of aryl methyl sites for hydroxylation is 2. The van der Waals surface area contributed by atoms with E-state index in [1.807, 2.05) is 36.4 Å². The lowest BCUT2D eigenvalue weighted by molar-refractivity contribution is -0.118. The average molecular weight is 406 g/mol. The number of nitrogens with one attached hydrogen (secondary N) is 2. The molecule has 1 aromatic heterocycles. The summed E-state index contributed by atoms with van der Waals surface area (Å²) in [5.41, 5.74) is 3.75. The molecule has 6 heteroatoms. The quantitative estimate of drug-likeness (QED) is 0.453. The van der Waals surface area contributed by atoms with Gasteiger partial charge in [-0.3, -0.25) is 4.79 Å². The van der Waals surface area contributed by atoms with Gasteiger partial charge in [-0.2, -0.15) is 0 Å². The molecule has 146 valence electrons. The highest BCUT2D eigenvalue weighted by atomic mass is 35.5. The fraction of sp³-hybridized carbons (Fsp3) is 0.130. The lowest BCUT2D eigenvalue weighted by Crippen LogP contribution is -2.20. The number of halogens is 1. The van der Waals surface area contributed by atoms with E-state index in [0.717, 1.165) is 29.7 Å². The Morgan fingerprint density at radius 1 is 1.00 bits per heavy atom. The van der Waals surface area contributed by atoms with Crippen LogP contribution < -0.4 is 10.1 Å². The first-order valence-corrected chi connectivity index (χ1v) is 9.74. The summed E-state index contributed by atoms with van der Waals surface area (Å²) in [5.74, 6) is 1.29. The highest BCUT2D eigenvalue weighted by Crippen LogP contribution is 2.19. The minimum atomic E-state index is -0.233. The number of aromatic amines is 1. The highest BCUT2D eigenvalue weighted by Gasteiger charge is 2.08. The molecule has 0 saturated heterocycles. The van der Waals surface area contributed by atoms with Gasteiger partial charge in [0.2, 0.25) is 0 Å². The van der Waals surface area contributed by atoms with Gasteiger partial charge in [-0.05, 0) is 54.4 Å². The molecule has 4 rings (SSSR count). The zero-order valence-corrected chi connectivity index (χ0v) is 16.4. The Hall–Kier alpha value is -3.31. The summed E-state index contributed by atoms with van der Waals surface area (Å²) in [6.45, 7) is -0.0784. The van der Waals surface area contributed by atoms with Crippen molar-refractivity contribution in [3.8, 4) is 5.75 Å². The molecule has 0 bridgehead atoms. The van der Waals surface area contributed by atoms with Crippen LogP contribution in [0.25, 0.3) is 11.0 Å². The third-order valence-electron chi connectivity index (χ3n) is 4.49. The molecule has 3 aromatic carbocycles. The summed E-state index contributed by atoms with van der Waals surface area (Å²) in [7, 11) is 0. The van der Waals surface area contributed by atoms with Crippen LogP contribution in [0.5, 0.6) is 5.75 Å². The Labute approximate surface area is 173 Å². The second-order valence-electron chi connectivity index (χ2n) is 6.69. The van der Waals surface area contributed by atoms with E-state index < -0.39 is 0 Å². The van der Waals surface area contributed by atoms with Gasteiger partial charge in [0.25, 0.3) is 5.91 Å². The number of carbonyl (C=O) groups excluding carboxylic acids is 1. The van der Waals surface area contributed by atoms with Crippen molar-refractivity contribution in [2.75, 3.05) is 11.9 Å². The minimum absolute atomic E-state index is 0.0784. The maximum atomic E-state index is 12.2. The molecule has 0 aliphatic rings. The zero-order chi connectivity index (χ0) is 20.1. The van der Waals surface area contributed by atoms with Crippen molar-refractivity contribution in [1.82, 2.24) is 9.97 Å². The summed E-state index contributed by atoms with van der Waals surface area (Å²) in [4.78, 5) is 20.1. The number of benzene rings is 3. The van der Waals surface area contributed by atoms with E-state index in [1.54, 1.807) is 24.3 Å². The number of amides is 1. The van der Waals surface area contributed by atoms with Crippen LogP contribution in [-0.4, -0.2) is 22.5 Å². The topological polar surface area (TPSA) is 67.0 Å². The molecule has 0 radical (unpaired) electrons. The van der Waals surface area contributed by atoms with Gasteiger partial charge in [0, 0.05) is 17.1 Å². The molecule has 0 aliphatic carbocycles. The standard InChI is InChI=1S/C23H20ClN3O2/c24-17-7-10-19(11-8-17)29-15-23(28)25-18-9-12-20-21(14-18)27-22(26-20)13-6-16-4-2-1-3-5-16/h1-5,7-12,14H,6,13,15H2,(H,25,28)(H,26,27). The molecule has 0 atom stereocenters. The van der Waals surface area contributed by atoms with Crippen molar-refractivity contribution >= 4 is 34.2 Å². The molecule has 0 aliphatic heterocycles. The van der Waals surface area contributed by atoms with E-state index in [1.165, 1.54) is 5.56 Å². The number of aromatic nitrogens is 2. The molecule has 1 heterocycles. The van der Waals surface area contributed by atoms with Gasteiger partial charge in [0.15, 0.2) is 6.61 Å². The minimum Gasteiger partial charge on any atom is -0.484 e. The lowest BCUT2D eigenvalue weighted by atomic mass is 10.1. The predicted octanol–water partition coefficient (Wildman–Crippen LogP) is 5.02. The SMILES string of the molecule is O=C(COc1ccc(Cl)cc1)Nc1ccc2nc(CCc3ccccc3)[nH]c2c1. The van der Waals surface area contributed by atoms with Crippen molar-refractivity contribution in [1.29, 1.82) is 0 Å². The van der Waals surface area contributed by atoms with E-state index >= 15 is 0 Å². The highest BCUT2D eigenvalue weighted by molar-refractivity contribution is 6.30. The summed E-state index contributed by atoms with van der Waals surface area (Å²) in [6.07, 6.45) is 1.75. The fourth-order valence-electron chi connectivity index (χ4n) is 3.04. The third-order valence-corrected chi connectivity index (χ3v) is 4.74. The zero-order valence-electron chi connectivity index (χ0n) is 15.7.